The molecule has 1 fully saturated rings. The van der Waals surface area contributed by atoms with E-state index in [1.165, 1.54) is 0 Å². The van der Waals surface area contributed by atoms with E-state index in [2.05, 4.69) is 20.8 Å². The van der Waals surface area contributed by atoms with Crippen LogP contribution in [0.3, 0.4) is 0 Å². The molecule has 1 saturated heterocycles. The quantitative estimate of drug-likeness (QED) is 0.583. The Kier molecular flexibility index (Phi) is 2.55. The summed E-state index contributed by atoms with van der Waals surface area (Å²) in [6.45, 7) is 6.38. The molecule has 66 valence electrons. The van der Waals surface area contributed by atoms with E-state index in [-0.39, 0.29) is 5.60 Å². The fraction of sp³-hybridized carbons (Fsp3) is 1.00. The van der Waals surface area contributed by atoms with Crippen LogP contribution in [0.1, 0.15) is 33.6 Å². The number of rotatable bonds is 4. The first-order chi connectivity index (χ1) is 5.08. The molecule has 0 aliphatic carbocycles. The van der Waals surface area contributed by atoms with Gasteiger partial charge in [-0.25, -0.2) is 0 Å². The van der Waals surface area contributed by atoms with Crippen molar-refractivity contribution in [2.75, 3.05) is 7.11 Å². The van der Waals surface area contributed by atoms with Gasteiger partial charge in [-0.15, -0.1) is 0 Å². The van der Waals surface area contributed by atoms with Crippen LogP contribution in [0.15, 0.2) is 0 Å². The summed E-state index contributed by atoms with van der Waals surface area (Å²) in [6.07, 6.45) is 3.02. The Labute approximate surface area is 68.9 Å². The first kappa shape index (κ1) is 9.01. The number of methoxy groups -OCH3 is 1. The van der Waals surface area contributed by atoms with E-state index in [9.17, 15) is 0 Å². The number of hydrogen-bond donors (Lipinski definition) is 0. The predicted molar refractivity (Wildman–Crippen MR) is 44.7 cm³/mol. The monoisotopic (exact) mass is 158 g/mol. The van der Waals surface area contributed by atoms with E-state index >= 15 is 0 Å². The maximum Gasteiger partial charge on any atom is 0.0918 e. The lowest BCUT2D eigenvalue weighted by Gasteiger charge is -2.10. The Bertz CT molecular complexity index is 136. The summed E-state index contributed by atoms with van der Waals surface area (Å²) in [7, 11) is 1.75. The van der Waals surface area contributed by atoms with Crippen molar-refractivity contribution in [2.45, 2.75) is 51.4 Å². The summed E-state index contributed by atoms with van der Waals surface area (Å²) >= 11 is 0. The summed E-state index contributed by atoms with van der Waals surface area (Å²) < 4.78 is 10.6. The van der Waals surface area contributed by atoms with Crippen LogP contribution in [0.25, 0.3) is 0 Å². The highest BCUT2D eigenvalue weighted by molar-refractivity contribution is 4.95. The third-order valence-corrected chi connectivity index (χ3v) is 2.70. The molecule has 0 amide bonds. The van der Waals surface area contributed by atoms with Gasteiger partial charge in [-0.2, -0.15) is 0 Å². The van der Waals surface area contributed by atoms with E-state index in [0.717, 1.165) is 12.8 Å². The normalized spacial score (nSPS) is 38.7. The van der Waals surface area contributed by atoms with Crippen LogP contribution in [0, 0.1) is 0 Å². The predicted octanol–water partition coefficient (Wildman–Crippen LogP) is 1.98. The smallest absolute Gasteiger partial charge is 0.0918 e. The third-order valence-electron chi connectivity index (χ3n) is 2.70. The second kappa shape index (κ2) is 3.11. The van der Waals surface area contributed by atoms with Crippen LogP contribution in [0.4, 0.5) is 0 Å². The van der Waals surface area contributed by atoms with Crippen molar-refractivity contribution in [2.24, 2.45) is 0 Å². The van der Waals surface area contributed by atoms with E-state index in [1.807, 2.05) is 0 Å². The zero-order valence-electron chi connectivity index (χ0n) is 7.89. The molecule has 0 spiro atoms. The molecule has 11 heavy (non-hydrogen) atoms. The Balaban J connectivity index is 2.13. The van der Waals surface area contributed by atoms with Gasteiger partial charge in [0.25, 0.3) is 0 Å². The molecule has 3 atom stereocenters. The van der Waals surface area contributed by atoms with Gasteiger partial charge in [0.05, 0.1) is 17.8 Å². The lowest BCUT2D eigenvalue weighted by molar-refractivity contribution is 0.102. The molecule has 0 radical (unpaired) electrons. The molecule has 1 rings (SSSR count). The molecule has 2 nitrogen and oxygen atoms in total. The zero-order valence-corrected chi connectivity index (χ0v) is 7.89. The molecule has 0 aromatic carbocycles. The van der Waals surface area contributed by atoms with Gasteiger partial charge in [-0.3, -0.25) is 0 Å². The number of hydrogen-bond acceptors (Lipinski definition) is 2. The zero-order chi connectivity index (χ0) is 8.48. The summed E-state index contributed by atoms with van der Waals surface area (Å²) in [5.41, 5.74) is 0.160. The van der Waals surface area contributed by atoms with Gasteiger partial charge in [0.2, 0.25) is 0 Å². The van der Waals surface area contributed by atoms with Crippen molar-refractivity contribution in [1.29, 1.82) is 0 Å². The van der Waals surface area contributed by atoms with Gasteiger partial charge in [-0.1, -0.05) is 0 Å². The molecule has 0 saturated carbocycles. The molecule has 1 heterocycles. The molecule has 1 aliphatic rings. The van der Waals surface area contributed by atoms with Gasteiger partial charge < -0.3 is 9.47 Å². The van der Waals surface area contributed by atoms with Gasteiger partial charge in [0, 0.05) is 7.11 Å². The molecule has 0 aromatic rings. The third kappa shape index (κ3) is 2.17. The van der Waals surface area contributed by atoms with Gasteiger partial charge in [0.1, 0.15) is 0 Å². The van der Waals surface area contributed by atoms with Crippen molar-refractivity contribution in [3.63, 3.8) is 0 Å². The largest absolute Gasteiger partial charge is 0.382 e. The maximum atomic E-state index is 5.44. The van der Waals surface area contributed by atoms with Gasteiger partial charge in [0.15, 0.2) is 0 Å². The Hall–Kier alpha value is -0.0800. The van der Waals surface area contributed by atoms with E-state index in [4.69, 9.17) is 9.47 Å². The molecule has 0 aromatic heterocycles. The average Bonchev–Trinajstić information content (AvgIpc) is 2.56. The Morgan fingerprint density at radius 1 is 1.64 bits per heavy atom. The average molecular weight is 158 g/mol. The van der Waals surface area contributed by atoms with Crippen LogP contribution >= 0.6 is 0 Å². The molecule has 0 bridgehead atoms. The molecular weight excluding hydrogens is 140 g/mol. The van der Waals surface area contributed by atoms with Crippen molar-refractivity contribution in [1.82, 2.24) is 0 Å². The Morgan fingerprint density at radius 3 is 2.55 bits per heavy atom. The van der Waals surface area contributed by atoms with Crippen LogP contribution in [-0.2, 0) is 9.47 Å². The van der Waals surface area contributed by atoms with Crippen LogP contribution in [0.2, 0.25) is 0 Å². The topological polar surface area (TPSA) is 21.8 Å². The maximum absolute atomic E-state index is 5.44. The first-order valence-electron chi connectivity index (χ1n) is 4.29. The molecule has 2 heteroatoms. The molecule has 3 unspecified atom stereocenters. The van der Waals surface area contributed by atoms with E-state index in [0.29, 0.717) is 12.2 Å². The van der Waals surface area contributed by atoms with Crippen LogP contribution in [-0.4, -0.2) is 24.9 Å². The molecular formula is C9H18O2. The highest BCUT2D eigenvalue weighted by atomic mass is 16.6. The van der Waals surface area contributed by atoms with Crippen LogP contribution < -0.4 is 0 Å². The lowest BCUT2D eigenvalue weighted by atomic mass is 10.0. The standard InChI is InChI=1S/C9H18O2/c1-7(10-4)5-6-9(3)8(2)11-9/h7-8H,5-6H2,1-4H3. The van der Waals surface area contributed by atoms with Crippen molar-refractivity contribution >= 4 is 0 Å². The summed E-state index contributed by atoms with van der Waals surface area (Å²) in [4.78, 5) is 0. The minimum absolute atomic E-state index is 0.160. The number of epoxide rings is 1. The van der Waals surface area contributed by atoms with Gasteiger partial charge >= 0.3 is 0 Å². The minimum Gasteiger partial charge on any atom is -0.382 e. The summed E-state index contributed by atoms with van der Waals surface area (Å²) in [6, 6.07) is 0. The Morgan fingerprint density at radius 2 is 2.18 bits per heavy atom. The van der Waals surface area contributed by atoms with Crippen LogP contribution in [0.5, 0.6) is 0 Å². The van der Waals surface area contributed by atoms with E-state index < -0.39 is 0 Å². The second-order valence-corrected chi connectivity index (χ2v) is 3.66. The first-order valence-corrected chi connectivity index (χ1v) is 4.29. The minimum atomic E-state index is 0.160. The SMILES string of the molecule is COC(C)CCC1(C)OC1C. The second-order valence-electron chi connectivity index (χ2n) is 3.66. The summed E-state index contributed by atoms with van der Waals surface area (Å²) in [5.74, 6) is 0. The highest BCUT2D eigenvalue weighted by Gasteiger charge is 2.48. The fourth-order valence-corrected chi connectivity index (χ4v) is 1.24. The van der Waals surface area contributed by atoms with Crippen molar-refractivity contribution in [3.8, 4) is 0 Å². The highest BCUT2D eigenvalue weighted by Crippen LogP contribution is 2.39. The fourth-order valence-electron chi connectivity index (χ4n) is 1.24. The van der Waals surface area contributed by atoms with Crippen molar-refractivity contribution in [3.05, 3.63) is 0 Å². The molecule has 1 aliphatic heterocycles. The van der Waals surface area contributed by atoms with E-state index in [1.54, 1.807) is 7.11 Å². The number of ether oxygens (including phenoxy) is 2. The molecule has 0 N–H and O–H groups in total. The van der Waals surface area contributed by atoms with Crippen molar-refractivity contribution < 1.29 is 9.47 Å². The van der Waals surface area contributed by atoms with Gasteiger partial charge in [-0.05, 0) is 33.6 Å². The lowest BCUT2D eigenvalue weighted by Crippen LogP contribution is -2.13. The summed E-state index contributed by atoms with van der Waals surface area (Å²) in [5, 5.41) is 0.